The van der Waals surface area contributed by atoms with Gasteiger partial charge in [0.05, 0.1) is 12.8 Å². The first kappa shape index (κ1) is 17.2. The predicted molar refractivity (Wildman–Crippen MR) is 99.4 cm³/mol. The molecule has 4 rings (SSSR count). The van der Waals surface area contributed by atoms with E-state index in [9.17, 15) is 9.59 Å². The summed E-state index contributed by atoms with van der Waals surface area (Å²) in [4.78, 5) is 34.7. The fourth-order valence-electron chi connectivity index (χ4n) is 2.76. The molecule has 1 aromatic carbocycles. The van der Waals surface area contributed by atoms with Crippen LogP contribution in [0, 0.1) is 0 Å². The van der Waals surface area contributed by atoms with Gasteiger partial charge in [-0.3, -0.25) is 19.7 Å². The Morgan fingerprint density at radius 1 is 1.15 bits per heavy atom. The molecule has 0 unspecified atom stereocenters. The minimum absolute atomic E-state index is 0.106. The Labute approximate surface area is 159 Å². The van der Waals surface area contributed by atoms with Gasteiger partial charge in [0.25, 0.3) is 0 Å². The number of imide groups is 1. The number of nitrogens with one attached hydrogen (secondary N) is 1. The molecular weight excluding hydrogens is 366 g/mol. The highest BCUT2D eigenvalue weighted by Gasteiger charge is 2.40. The van der Waals surface area contributed by atoms with Crippen LogP contribution in [0.1, 0.15) is 6.42 Å². The Balaban J connectivity index is 1.50. The van der Waals surface area contributed by atoms with E-state index in [1.54, 1.807) is 43.8 Å². The Bertz CT molecular complexity index is 974. The fraction of sp³-hybridized carbons (Fsp3) is 0.167. The molecule has 0 radical (unpaired) electrons. The lowest BCUT2D eigenvalue weighted by Crippen LogP contribution is -2.31. The zero-order valence-corrected chi connectivity index (χ0v) is 15.1. The van der Waals surface area contributed by atoms with Crippen LogP contribution < -0.4 is 9.64 Å². The number of amides is 2. The number of benzene rings is 1. The summed E-state index contributed by atoms with van der Waals surface area (Å²) in [5.41, 5.74) is 1.37. The van der Waals surface area contributed by atoms with Crippen LogP contribution in [0.5, 0.6) is 5.75 Å². The number of hydrogen-bond acceptors (Lipinski definition) is 7. The monoisotopic (exact) mass is 381 g/mol. The van der Waals surface area contributed by atoms with E-state index >= 15 is 0 Å². The van der Waals surface area contributed by atoms with Gasteiger partial charge in [-0.15, -0.1) is 5.10 Å². The van der Waals surface area contributed by atoms with E-state index in [1.807, 2.05) is 12.1 Å². The van der Waals surface area contributed by atoms with Gasteiger partial charge in [-0.2, -0.15) is 0 Å². The number of carbonyl (C=O) groups is 2. The van der Waals surface area contributed by atoms with Crippen molar-refractivity contribution in [3.63, 3.8) is 0 Å². The third-order valence-corrected chi connectivity index (χ3v) is 5.15. The number of anilines is 1. The Hall–Kier alpha value is -3.20. The van der Waals surface area contributed by atoms with Gasteiger partial charge in [0.15, 0.2) is 5.82 Å². The predicted octanol–water partition coefficient (Wildman–Crippen LogP) is 2.30. The van der Waals surface area contributed by atoms with Gasteiger partial charge in [-0.25, -0.2) is 9.88 Å². The molecule has 0 aliphatic carbocycles. The lowest BCUT2D eigenvalue weighted by Gasteiger charge is -2.14. The van der Waals surface area contributed by atoms with Gasteiger partial charge in [-0.05, 0) is 36.4 Å². The molecule has 1 fully saturated rings. The average Bonchev–Trinajstić information content (AvgIpc) is 3.27. The number of nitrogens with zero attached hydrogens (tertiary/aromatic N) is 4. The first-order valence-corrected chi connectivity index (χ1v) is 9.04. The first-order valence-electron chi connectivity index (χ1n) is 8.16. The highest BCUT2D eigenvalue weighted by Crippen LogP contribution is 2.33. The Kier molecular flexibility index (Phi) is 4.59. The number of carbonyl (C=O) groups excluding carboxylic acids is 2. The quantitative estimate of drug-likeness (QED) is 0.677. The summed E-state index contributed by atoms with van der Waals surface area (Å²) in [7, 11) is 1.56. The first-order chi connectivity index (χ1) is 13.2. The molecule has 1 N–H and O–H groups in total. The normalized spacial score (nSPS) is 16.8. The molecule has 1 saturated heterocycles. The topological polar surface area (TPSA) is 101 Å². The molecule has 3 aromatic rings. The average molecular weight is 381 g/mol. The summed E-state index contributed by atoms with van der Waals surface area (Å²) < 4.78 is 5.11. The number of aromatic amines is 1. The molecule has 9 heteroatoms. The van der Waals surface area contributed by atoms with Crippen LogP contribution in [0.25, 0.3) is 11.4 Å². The van der Waals surface area contributed by atoms with Crippen LogP contribution in [0.3, 0.4) is 0 Å². The van der Waals surface area contributed by atoms with Gasteiger partial charge in [0, 0.05) is 24.4 Å². The molecule has 0 bridgehead atoms. The number of rotatable bonds is 5. The number of H-pyrrole nitrogens is 1. The van der Waals surface area contributed by atoms with E-state index in [4.69, 9.17) is 4.74 Å². The molecular formula is C18H15N5O3S. The smallest absolute Gasteiger partial charge is 0.247 e. The lowest BCUT2D eigenvalue weighted by molar-refractivity contribution is -0.121. The van der Waals surface area contributed by atoms with Crippen molar-refractivity contribution in [3.05, 3.63) is 48.8 Å². The summed E-state index contributed by atoms with van der Waals surface area (Å²) in [5, 5.41) is 6.85. The third-order valence-electron chi connectivity index (χ3n) is 4.10. The second kappa shape index (κ2) is 7.20. The number of aromatic nitrogens is 4. The molecule has 2 aromatic heterocycles. The second-order valence-corrected chi connectivity index (χ2v) is 6.95. The van der Waals surface area contributed by atoms with Crippen LogP contribution >= 0.6 is 11.8 Å². The molecule has 1 aliphatic rings. The summed E-state index contributed by atoms with van der Waals surface area (Å²) in [6.07, 6.45) is 3.43. The Morgan fingerprint density at radius 2 is 1.89 bits per heavy atom. The molecule has 1 atom stereocenters. The van der Waals surface area contributed by atoms with Crippen molar-refractivity contribution < 1.29 is 14.3 Å². The standard InChI is InChI=1S/C18H15N5O3S/c1-26-13-4-2-12(3-5-13)23-15(24)10-14(17(23)25)27-18-20-16(21-22-18)11-6-8-19-9-7-11/h2-9,14H,10H2,1H3,(H,20,21,22)/t14-/m1/s1. The van der Waals surface area contributed by atoms with Crippen molar-refractivity contribution in [2.45, 2.75) is 16.8 Å². The van der Waals surface area contributed by atoms with E-state index in [1.165, 1.54) is 16.7 Å². The van der Waals surface area contributed by atoms with Crippen LogP contribution in [0.4, 0.5) is 5.69 Å². The van der Waals surface area contributed by atoms with Gasteiger partial charge in [0.2, 0.25) is 17.0 Å². The van der Waals surface area contributed by atoms with E-state index in [-0.39, 0.29) is 18.2 Å². The highest BCUT2D eigenvalue weighted by atomic mass is 32.2. The maximum absolute atomic E-state index is 12.7. The van der Waals surface area contributed by atoms with Crippen molar-refractivity contribution in [1.82, 2.24) is 20.2 Å². The maximum atomic E-state index is 12.7. The lowest BCUT2D eigenvalue weighted by atomic mass is 10.3. The van der Waals surface area contributed by atoms with Crippen molar-refractivity contribution >= 4 is 29.3 Å². The van der Waals surface area contributed by atoms with Crippen LogP contribution in [-0.2, 0) is 9.59 Å². The van der Waals surface area contributed by atoms with E-state index in [2.05, 4.69) is 20.2 Å². The minimum Gasteiger partial charge on any atom is -0.497 e. The summed E-state index contributed by atoms with van der Waals surface area (Å²) >= 11 is 1.18. The summed E-state index contributed by atoms with van der Waals surface area (Å²) in [5.74, 6) is 0.731. The molecule has 136 valence electrons. The second-order valence-electron chi connectivity index (χ2n) is 5.78. The number of thioether (sulfide) groups is 1. The van der Waals surface area contributed by atoms with Gasteiger partial charge in [0.1, 0.15) is 11.0 Å². The fourth-order valence-corrected chi connectivity index (χ4v) is 3.69. The molecule has 0 spiro atoms. The van der Waals surface area contributed by atoms with Crippen molar-refractivity contribution in [3.8, 4) is 17.1 Å². The summed E-state index contributed by atoms with van der Waals surface area (Å²) in [6, 6.07) is 10.4. The van der Waals surface area contributed by atoms with Crippen LogP contribution in [0.2, 0.25) is 0 Å². The SMILES string of the molecule is COc1ccc(N2C(=O)C[C@@H](Sc3n[nH]c(-c4ccncc4)n3)C2=O)cc1. The minimum atomic E-state index is -0.555. The third kappa shape index (κ3) is 3.41. The van der Waals surface area contributed by atoms with E-state index < -0.39 is 5.25 Å². The number of ether oxygens (including phenoxy) is 1. The molecule has 3 heterocycles. The largest absolute Gasteiger partial charge is 0.497 e. The van der Waals surface area contributed by atoms with Crippen LogP contribution in [0.15, 0.2) is 53.9 Å². The van der Waals surface area contributed by atoms with Gasteiger partial charge >= 0.3 is 0 Å². The van der Waals surface area contributed by atoms with Crippen molar-refractivity contribution in [2.24, 2.45) is 0 Å². The molecule has 8 nitrogen and oxygen atoms in total. The van der Waals surface area contributed by atoms with Crippen molar-refractivity contribution in [1.29, 1.82) is 0 Å². The summed E-state index contributed by atoms with van der Waals surface area (Å²) in [6.45, 7) is 0. The molecule has 2 amide bonds. The highest BCUT2D eigenvalue weighted by molar-refractivity contribution is 8.00. The number of pyridine rings is 1. The molecule has 0 saturated carbocycles. The maximum Gasteiger partial charge on any atom is 0.247 e. The Morgan fingerprint density at radius 3 is 2.59 bits per heavy atom. The number of methoxy groups -OCH3 is 1. The van der Waals surface area contributed by atoms with Gasteiger partial charge in [-0.1, -0.05) is 11.8 Å². The zero-order valence-electron chi connectivity index (χ0n) is 14.3. The van der Waals surface area contributed by atoms with Crippen LogP contribution in [-0.4, -0.2) is 44.3 Å². The molecule has 1 aliphatic heterocycles. The zero-order chi connectivity index (χ0) is 18.8. The molecule has 27 heavy (non-hydrogen) atoms. The van der Waals surface area contributed by atoms with E-state index in [0.29, 0.717) is 22.4 Å². The van der Waals surface area contributed by atoms with E-state index in [0.717, 1.165) is 5.56 Å². The van der Waals surface area contributed by atoms with Crippen molar-refractivity contribution in [2.75, 3.05) is 12.0 Å². The number of hydrogen-bond donors (Lipinski definition) is 1. The van der Waals surface area contributed by atoms with Gasteiger partial charge < -0.3 is 4.74 Å².